The van der Waals surface area contributed by atoms with Crippen LogP contribution in [-0.2, 0) is 47.6 Å². The number of esters is 4. The average molecular weight is 1390 g/mol. The molecule has 0 radical (unpaired) electrons. The van der Waals surface area contributed by atoms with E-state index in [2.05, 4.69) is 13.2 Å². The summed E-state index contributed by atoms with van der Waals surface area (Å²) in [5.74, 6) is 5.06. The molecule has 0 aromatic carbocycles. The maximum Gasteiger partial charge on any atom is 0.330 e. The van der Waals surface area contributed by atoms with Crippen molar-refractivity contribution in [1.82, 2.24) is 0 Å². The van der Waals surface area contributed by atoms with Gasteiger partial charge in [0.15, 0.2) is 12.2 Å². The third-order valence-electron chi connectivity index (χ3n) is 31.0. The first-order valence-corrected chi connectivity index (χ1v) is 43.5. The van der Waals surface area contributed by atoms with E-state index in [0.717, 1.165) is 219 Å². The largest absolute Gasteiger partial charge is 0.463 e. The van der Waals surface area contributed by atoms with Gasteiger partial charge in [-0.05, 0) is 313 Å². The van der Waals surface area contributed by atoms with Crippen LogP contribution in [-0.4, -0.2) is 96.1 Å². The summed E-state index contributed by atoms with van der Waals surface area (Å²) < 4.78 is 38.8. The van der Waals surface area contributed by atoms with E-state index in [0.29, 0.717) is 96.4 Å². The van der Waals surface area contributed by atoms with Crippen LogP contribution >= 0.6 is 0 Å². The first-order chi connectivity index (χ1) is 48.9. The van der Waals surface area contributed by atoms with Gasteiger partial charge >= 0.3 is 23.9 Å². The predicted octanol–water partition coefficient (Wildman–Crippen LogP) is 20.0. The maximum absolute atomic E-state index is 16.3. The fraction of sp³-hybridized carbons (Fsp3) is 0.909. The third-order valence-corrected chi connectivity index (χ3v) is 31.0. The van der Waals surface area contributed by atoms with Crippen molar-refractivity contribution in [2.75, 3.05) is 26.4 Å². The van der Waals surface area contributed by atoms with Crippen LogP contribution in [0.4, 0.5) is 0 Å². The van der Waals surface area contributed by atoms with Crippen molar-refractivity contribution in [3.8, 4) is 0 Å². The lowest BCUT2D eigenvalue weighted by Gasteiger charge is -2.59. The van der Waals surface area contributed by atoms with Crippen LogP contribution in [0.25, 0.3) is 0 Å². The highest BCUT2D eigenvalue weighted by molar-refractivity contribution is 5.81. The van der Waals surface area contributed by atoms with Crippen LogP contribution in [0, 0.1) is 107 Å². The average Bonchev–Trinajstić information content (AvgIpc) is 0.721. The van der Waals surface area contributed by atoms with Gasteiger partial charge in [-0.1, -0.05) is 129 Å². The molecule has 0 aliphatic heterocycles. The molecule has 12 nitrogen and oxygen atoms in total. The molecule has 12 aliphatic rings. The molecule has 12 saturated carbocycles. The van der Waals surface area contributed by atoms with Gasteiger partial charge < -0.3 is 38.6 Å². The fourth-order valence-corrected chi connectivity index (χ4v) is 25.2. The van der Waals surface area contributed by atoms with Crippen molar-refractivity contribution >= 4 is 23.9 Å². The highest BCUT2D eigenvalue weighted by Gasteiger charge is 2.66. The Bertz CT molecular complexity index is 2280. The Kier molecular flexibility index (Phi) is 29.3. The molecule has 566 valence electrons. The molecule has 14 unspecified atom stereocenters. The summed E-state index contributed by atoms with van der Waals surface area (Å²) in [5, 5.41) is 31.1. The van der Waals surface area contributed by atoms with Crippen molar-refractivity contribution in [3.63, 3.8) is 0 Å². The second kappa shape index (κ2) is 38.1. The van der Waals surface area contributed by atoms with Gasteiger partial charge in [0.1, 0.15) is 11.2 Å². The molecular formula is C88H142O12. The van der Waals surface area contributed by atoms with E-state index in [-0.39, 0.29) is 59.4 Å². The molecule has 0 spiro atoms. The minimum Gasteiger partial charge on any atom is -0.463 e. The van der Waals surface area contributed by atoms with Gasteiger partial charge in [0, 0.05) is 25.4 Å². The minimum absolute atomic E-state index is 0.109. The summed E-state index contributed by atoms with van der Waals surface area (Å²) in [5.41, 5.74) is -2.93. The van der Waals surface area contributed by atoms with Crippen LogP contribution in [0.1, 0.15) is 334 Å². The van der Waals surface area contributed by atoms with Crippen molar-refractivity contribution < 1.29 is 57.8 Å². The lowest BCUT2D eigenvalue weighted by atomic mass is 9.52. The number of hydrogen-bond donors (Lipinski definition) is 2. The van der Waals surface area contributed by atoms with Crippen molar-refractivity contribution in [2.45, 2.75) is 370 Å². The quantitative estimate of drug-likeness (QED) is 0.0293. The van der Waals surface area contributed by atoms with Gasteiger partial charge in [0.05, 0.1) is 37.3 Å². The number of ether oxygens (including phenoxy) is 6. The van der Waals surface area contributed by atoms with Crippen molar-refractivity contribution in [2.24, 2.45) is 107 Å². The second-order valence-corrected chi connectivity index (χ2v) is 36.4. The number of carbonyl (C=O) groups is 4. The Morgan fingerprint density at radius 3 is 0.830 bits per heavy atom. The molecule has 0 aromatic rings. The molecule has 0 saturated heterocycles. The molecular weight excluding hydrogens is 1250 g/mol. The summed E-state index contributed by atoms with van der Waals surface area (Å²) in [7, 11) is 0. The van der Waals surface area contributed by atoms with Crippen LogP contribution in [0.15, 0.2) is 25.3 Å². The van der Waals surface area contributed by atoms with E-state index >= 15 is 19.8 Å². The number of carbonyl (C=O) groups excluding carboxylic acids is 4. The SMILES string of the molecule is C=CC(=O)OCCCCCCOC1CCC(C2CCC(C(=O)OC(C(OC(=O)C3CCC(C4CCC(OCCCCCCOC(=O)C=C)CC4)CC3)C(O)(C3CCC4CCCCC4C3)C3CCC4CCCCC4C3)C(O)(C3CCC4CCCCC4C3)C3CCC4CCCCC4C3)CC2)CC1. The van der Waals surface area contributed by atoms with Crippen LogP contribution in [0.3, 0.4) is 0 Å². The summed E-state index contributed by atoms with van der Waals surface area (Å²) in [6.45, 7) is 9.42. The van der Waals surface area contributed by atoms with Crippen LogP contribution < -0.4 is 0 Å². The van der Waals surface area contributed by atoms with Gasteiger partial charge in [0.2, 0.25) is 0 Å². The van der Waals surface area contributed by atoms with Gasteiger partial charge in [-0.2, -0.15) is 0 Å². The first-order valence-electron chi connectivity index (χ1n) is 43.5. The molecule has 0 heterocycles. The lowest BCUT2D eigenvalue weighted by molar-refractivity contribution is -0.275. The summed E-state index contributed by atoms with van der Waals surface area (Å²) in [6.07, 6.45) is 56.6. The Hall–Kier alpha value is -2.80. The molecule has 12 aliphatic carbocycles. The zero-order valence-corrected chi connectivity index (χ0v) is 62.8. The molecule has 0 amide bonds. The van der Waals surface area contributed by atoms with Gasteiger partial charge in [-0.25, -0.2) is 9.59 Å². The van der Waals surface area contributed by atoms with Gasteiger partial charge in [-0.15, -0.1) is 0 Å². The zero-order chi connectivity index (χ0) is 69.3. The highest BCUT2D eigenvalue weighted by atomic mass is 16.6. The van der Waals surface area contributed by atoms with Gasteiger partial charge in [-0.3, -0.25) is 9.59 Å². The molecule has 100 heavy (non-hydrogen) atoms. The number of fused-ring (bicyclic) bond motifs is 4. The number of rotatable bonds is 31. The minimum atomic E-state index is -1.47. The number of unbranched alkanes of at least 4 members (excludes halogenated alkanes) is 6. The van der Waals surface area contributed by atoms with Crippen LogP contribution in [0.2, 0.25) is 0 Å². The Morgan fingerprint density at radius 1 is 0.310 bits per heavy atom. The molecule has 0 aromatic heterocycles. The summed E-state index contributed by atoms with van der Waals surface area (Å²) in [6, 6.07) is 0. The molecule has 14 atom stereocenters. The van der Waals surface area contributed by atoms with Crippen molar-refractivity contribution in [1.29, 1.82) is 0 Å². The van der Waals surface area contributed by atoms with E-state index in [1.807, 2.05) is 0 Å². The van der Waals surface area contributed by atoms with Gasteiger partial charge in [0.25, 0.3) is 0 Å². The van der Waals surface area contributed by atoms with E-state index < -0.39 is 23.4 Å². The second-order valence-electron chi connectivity index (χ2n) is 36.4. The third kappa shape index (κ3) is 19.7. The molecule has 12 heteroatoms. The first kappa shape index (κ1) is 76.8. The van der Waals surface area contributed by atoms with E-state index in [4.69, 9.17) is 28.4 Å². The summed E-state index contributed by atoms with van der Waals surface area (Å²) in [4.78, 5) is 55.5. The topological polar surface area (TPSA) is 164 Å². The standard InChI is InChI=1S/C88H142O12/c1-3-81(89)97-55-19-7-5-17-53-95-79-49-41-67(42-50-79)65-29-33-69(34-30-65)85(91)99-83(87(93,75-45-37-61-21-9-13-25-71(61)57-75)76-46-38-62-22-10-14-26-72(62)58-76)84(88(94,77-47-39-63-23-11-15-27-73(63)59-77)78-48-40-64-24-12-16-28-74(64)60-78)100-86(92)70-35-31-66(32-36-70)68-43-51-80(52-44-68)96-54-18-6-8-20-56-98-82(90)4-2/h3-4,61-80,83-84,93-94H,1-2,5-60H2. The van der Waals surface area contributed by atoms with E-state index in [9.17, 15) is 9.59 Å². The highest BCUT2D eigenvalue weighted by Crippen LogP contribution is 2.60. The molecule has 2 N–H and O–H groups in total. The number of hydrogen-bond acceptors (Lipinski definition) is 12. The summed E-state index contributed by atoms with van der Waals surface area (Å²) >= 11 is 0. The maximum atomic E-state index is 16.3. The molecule has 12 rings (SSSR count). The Labute approximate surface area is 606 Å². The normalized spacial score (nSPS) is 38.2. The smallest absolute Gasteiger partial charge is 0.330 e. The number of aliphatic hydroxyl groups is 2. The zero-order valence-electron chi connectivity index (χ0n) is 62.8. The Morgan fingerprint density at radius 2 is 0.550 bits per heavy atom. The lowest BCUT2D eigenvalue weighted by Crippen LogP contribution is -2.71. The fourth-order valence-electron chi connectivity index (χ4n) is 25.2. The molecule has 12 fully saturated rings. The Balaban J connectivity index is 0.805. The molecule has 0 bridgehead atoms. The van der Waals surface area contributed by atoms with Crippen LogP contribution in [0.5, 0.6) is 0 Å². The van der Waals surface area contributed by atoms with Crippen molar-refractivity contribution in [3.05, 3.63) is 25.3 Å². The predicted molar refractivity (Wildman–Crippen MR) is 394 cm³/mol. The monoisotopic (exact) mass is 1390 g/mol. The van der Waals surface area contributed by atoms with E-state index in [1.165, 1.54) is 141 Å². The van der Waals surface area contributed by atoms with E-state index in [1.54, 1.807) is 0 Å².